The van der Waals surface area contributed by atoms with Crippen LogP contribution in [0.5, 0.6) is 5.75 Å². The standard InChI is InChI=1S/C23H18BrClN2O/c1-23(16-7-10-18(25)11-8-16)27-21(19-13-17(24)9-12-22(19)28-23)14-20(26-27)15-5-3-2-4-6-15/h2-13,21H,14H2,1H3/t21-,23-/m0/s1. The third kappa shape index (κ3) is 2.83. The lowest BCUT2D eigenvalue weighted by molar-refractivity contribution is -0.112. The SMILES string of the molecule is C[C@@]1(c2ccc(Cl)cc2)Oc2ccc(Br)cc2[C@@H]2CC(c3ccccc3)=NN21. The minimum absolute atomic E-state index is 0.108. The summed E-state index contributed by atoms with van der Waals surface area (Å²) in [6.45, 7) is 2.08. The Balaban J connectivity index is 1.66. The largest absolute Gasteiger partial charge is 0.462 e. The summed E-state index contributed by atoms with van der Waals surface area (Å²) in [7, 11) is 0. The van der Waals surface area contributed by atoms with Crippen LogP contribution in [0.3, 0.4) is 0 Å². The number of rotatable bonds is 2. The predicted octanol–water partition coefficient (Wildman–Crippen LogP) is 6.52. The highest BCUT2D eigenvalue weighted by Gasteiger charge is 2.48. The minimum atomic E-state index is -0.716. The monoisotopic (exact) mass is 452 g/mol. The van der Waals surface area contributed by atoms with Gasteiger partial charge < -0.3 is 4.74 Å². The van der Waals surface area contributed by atoms with E-state index in [1.54, 1.807) is 0 Å². The van der Waals surface area contributed by atoms with Gasteiger partial charge >= 0.3 is 0 Å². The molecule has 0 radical (unpaired) electrons. The maximum Gasteiger partial charge on any atom is 0.221 e. The molecule has 0 fully saturated rings. The van der Waals surface area contributed by atoms with Gasteiger partial charge in [-0.3, -0.25) is 0 Å². The number of hydrazone groups is 1. The van der Waals surface area contributed by atoms with E-state index in [4.69, 9.17) is 21.4 Å². The zero-order valence-corrected chi connectivity index (χ0v) is 17.6. The third-order valence-electron chi connectivity index (χ3n) is 5.47. The molecular weight excluding hydrogens is 436 g/mol. The van der Waals surface area contributed by atoms with Gasteiger partial charge in [0.15, 0.2) is 0 Å². The Hall–Kier alpha value is -2.30. The average molecular weight is 454 g/mol. The van der Waals surface area contributed by atoms with E-state index in [2.05, 4.69) is 58.2 Å². The fourth-order valence-corrected chi connectivity index (χ4v) is 4.54. The molecule has 140 valence electrons. The number of hydrogen-bond donors (Lipinski definition) is 0. The molecule has 0 unspecified atom stereocenters. The number of hydrogen-bond acceptors (Lipinski definition) is 3. The van der Waals surface area contributed by atoms with E-state index in [0.717, 1.165) is 39.0 Å². The number of benzene rings is 3. The molecule has 3 aromatic rings. The first-order valence-corrected chi connectivity index (χ1v) is 10.4. The number of ether oxygens (including phenoxy) is 1. The molecule has 3 aromatic carbocycles. The van der Waals surface area contributed by atoms with Crippen molar-refractivity contribution in [2.24, 2.45) is 5.10 Å². The smallest absolute Gasteiger partial charge is 0.221 e. The van der Waals surface area contributed by atoms with E-state index in [9.17, 15) is 0 Å². The Kier molecular flexibility index (Phi) is 4.22. The Morgan fingerprint density at radius 3 is 2.57 bits per heavy atom. The Bertz CT molecular complexity index is 1070. The van der Waals surface area contributed by atoms with E-state index in [1.165, 1.54) is 0 Å². The third-order valence-corrected chi connectivity index (χ3v) is 6.22. The molecule has 5 rings (SSSR count). The summed E-state index contributed by atoms with van der Waals surface area (Å²) in [6.07, 6.45) is 0.833. The summed E-state index contributed by atoms with van der Waals surface area (Å²) in [4.78, 5) is 0. The van der Waals surface area contributed by atoms with E-state index in [1.807, 2.05) is 42.5 Å². The molecule has 2 aliphatic rings. The maximum absolute atomic E-state index is 6.55. The highest BCUT2D eigenvalue weighted by molar-refractivity contribution is 9.10. The van der Waals surface area contributed by atoms with Crippen LogP contribution in [0.1, 0.15) is 36.1 Å². The lowest BCUT2D eigenvalue weighted by Crippen LogP contribution is -2.48. The second-order valence-corrected chi connectivity index (χ2v) is 8.60. The molecule has 0 saturated carbocycles. The van der Waals surface area contributed by atoms with Crippen molar-refractivity contribution in [2.75, 3.05) is 0 Å². The van der Waals surface area contributed by atoms with Crippen LogP contribution in [0.25, 0.3) is 0 Å². The van der Waals surface area contributed by atoms with Gasteiger partial charge in [0.2, 0.25) is 5.72 Å². The van der Waals surface area contributed by atoms with Crippen molar-refractivity contribution >= 4 is 33.2 Å². The molecule has 28 heavy (non-hydrogen) atoms. The topological polar surface area (TPSA) is 24.8 Å². The van der Waals surface area contributed by atoms with Crippen LogP contribution >= 0.6 is 27.5 Å². The van der Waals surface area contributed by atoms with Crippen LogP contribution in [0, 0.1) is 0 Å². The molecule has 0 bridgehead atoms. The van der Waals surface area contributed by atoms with Crippen molar-refractivity contribution in [2.45, 2.75) is 25.1 Å². The van der Waals surface area contributed by atoms with Gasteiger partial charge in [-0.15, -0.1) is 0 Å². The first-order chi connectivity index (χ1) is 13.5. The number of fused-ring (bicyclic) bond motifs is 3. The van der Waals surface area contributed by atoms with Crippen molar-refractivity contribution in [3.05, 3.63) is 99.0 Å². The van der Waals surface area contributed by atoms with Crippen LogP contribution < -0.4 is 4.74 Å². The van der Waals surface area contributed by atoms with Crippen molar-refractivity contribution in [1.82, 2.24) is 5.01 Å². The highest BCUT2D eigenvalue weighted by Crippen LogP contribution is 2.50. The molecular formula is C23H18BrClN2O. The van der Waals surface area contributed by atoms with Crippen LogP contribution in [-0.2, 0) is 5.72 Å². The molecule has 0 N–H and O–H groups in total. The maximum atomic E-state index is 6.55. The molecule has 0 saturated heterocycles. The van der Waals surface area contributed by atoms with E-state index >= 15 is 0 Å². The summed E-state index contributed by atoms with van der Waals surface area (Å²) in [5, 5.41) is 7.85. The van der Waals surface area contributed by atoms with E-state index in [-0.39, 0.29) is 6.04 Å². The minimum Gasteiger partial charge on any atom is -0.462 e. The van der Waals surface area contributed by atoms with Gasteiger partial charge in [-0.1, -0.05) is 70.0 Å². The molecule has 0 amide bonds. The van der Waals surface area contributed by atoms with Crippen molar-refractivity contribution < 1.29 is 4.74 Å². The first-order valence-electron chi connectivity index (χ1n) is 9.21. The van der Waals surface area contributed by atoms with Gasteiger partial charge in [0.1, 0.15) is 5.75 Å². The highest BCUT2D eigenvalue weighted by atomic mass is 79.9. The van der Waals surface area contributed by atoms with Gasteiger partial charge in [-0.05, 0) is 35.9 Å². The lowest BCUT2D eigenvalue weighted by atomic mass is 9.92. The number of nitrogens with zero attached hydrogens (tertiary/aromatic N) is 2. The molecule has 0 aromatic heterocycles. The van der Waals surface area contributed by atoms with Gasteiger partial charge in [0.05, 0.1) is 11.8 Å². The summed E-state index contributed by atoms with van der Waals surface area (Å²) in [5.74, 6) is 0.895. The summed E-state index contributed by atoms with van der Waals surface area (Å²) >= 11 is 9.72. The Labute approximate surface area is 177 Å². The van der Waals surface area contributed by atoms with Crippen molar-refractivity contribution in [3.8, 4) is 5.75 Å². The quantitative estimate of drug-likeness (QED) is 0.441. The van der Waals surface area contributed by atoms with Gasteiger partial charge in [0, 0.05) is 34.0 Å². The van der Waals surface area contributed by atoms with Crippen LogP contribution in [0.2, 0.25) is 5.02 Å². The first kappa shape index (κ1) is 17.8. The summed E-state index contributed by atoms with van der Waals surface area (Å²) in [6, 6.07) is 24.5. The second-order valence-electron chi connectivity index (χ2n) is 7.25. The van der Waals surface area contributed by atoms with Gasteiger partial charge in [-0.25, -0.2) is 5.01 Å². The lowest BCUT2D eigenvalue weighted by Gasteiger charge is -2.46. The molecule has 5 heteroatoms. The van der Waals surface area contributed by atoms with E-state index < -0.39 is 5.72 Å². The second kappa shape index (κ2) is 6.64. The van der Waals surface area contributed by atoms with Gasteiger partial charge in [-0.2, -0.15) is 5.10 Å². The summed E-state index contributed by atoms with van der Waals surface area (Å²) < 4.78 is 7.59. The Morgan fingerprint density at radius 2 is 1.82 bits per heavy atom. The fourth-order valence-electron chi connectivity index (χ4n) is 4.03. The van der Waals surface area contributed by atoms with Crippen LogP contribution in [0.4, 0.5) is 0 Å². The molecule has 0 spiro atoms. The molecule has 0 aliphatic carbocycles. The van der Waals surface area contributed by atoms with Crippen molar-refractivity contribution in [1.29, 1.82) is 0 Å². The number of halogens is 2. The van der Waals surface area contributed by atoms with Crippen LogP contribution in [0.15, 0.2) is 82.4 Å². The van der Waals surface area contributed by atoms with E-state index in [0.29, 0.717) is 5.02 Å². The zero-order valence-electron chi connectivity index (χ0n) is 15.3. The summed E-state index contributed by atoms with van der Waals surface area (Å²) in [5.41, 5.74) is 3.67. The predicted molar refractivity (Wildman–Crippen MR) is 116 cm³/mol. The Morgan fingerprint density at radius 1 is 1.07 bits per heavy atom. The normalized spacial score (nSPS) is 22.9. The fraction of sp³-hybridized carbons (Fsp3) is 0.174. The van der Waals surface area contributed by atoms with Crippen LogP contribution in [-0.4, -0.2) is 10.7 Å². The zero-order chi connectivity index (χ0) is 19.3. The average Bonchev–Trinajstić information content (AvgIpc) is 3.17. The van der Waals surface area contributed by atoms with Crippen molar-refractivity contribution in [3.63, 3.8) is 0 Å². The molecule has 2 heterocycles. The molecule has 2 atom stereocenters. The molecule has 2 aliphatic heterocycles. The molecule has 3 nitrogen and oxygen atoms in total. The van der Waals surface area contributed by atoms with Gasteiger partial charge in [0.25, 0.3) is 0 Å².